The second-order valence-corrected chi connectivity index (χ2v) is 5.51. The minimum absolute atomic E-state index is 0.0768. The van der Waals surface area contributed by atoms with Gasteiger partial charge < -0.3 is 15.4 Å². The van der Waals surface area contributed by atoms with Crippen molar-refractivity contribution in [2.45, 2.75) is 19.9 Å². The molecule has 2 aromatic heterocycles. The Morgan fingerprint density at radius 2 is 2.05 bits per heavy atom. The Morgan fingerprint density at radius 3 is 2.71 bits per heavy atom. The molecule has 6 nitrogen and oxygen atoms in total. The molecule has 1 aliphatic rings. The molecule has 0 spiro atoms. The standard InChI is InChI=1S/C15H20N4O2/c1-10-7-12(11(2)16)15-17-13(8-14(20)19(15)9-10)18-3-5-21-6-4-18/h7-9,11H,3-6,16H2,1-2H3/t11-/m1/s1. The lowest BCUT2D eigenvalue weighted by atomic mass is 10.1. The van der Waals surface area contributed by atoms with E-state index in [2.05, 4.69) is 9.88 Å². The van der Waals surface area contributed by atoms with Crippen LogP contribution in [-0.2, 0) is 4.74 Å². The number of nitrogens with two attached hydrogens (primary N) is 1. The van der Waals surface area contributed by atoms with Crippen LogP contribution in [0, 0.1) is 6.92 Å². The molecule has 0 amide bonds. The van der Waals surface area contributed by atoms with E-state index >= 15 is 0 Å². The molecule has 0 radical (unpaired) electrons. The van der Waals surface area contributed by atoms with E-state index in [0.29, 0.717) is 24.7 Å². The summed E-state index contributed by atoms with van der Waals surface area (Å²) in [5.41, 5.74) is 8.49. The smallest absolute Gasteiger partial charge is 0.259 e. The Balaban J connectivity index is 2.19. The van der Waals surface area contributed by atoms with Crippen molar-refractivity contribution in [2.75, 3.05) is 31.2 Å². The van der Waals surface area contributed by atoms with Crippen LogP contribution >= 0.6 is 0 Å². The Hall–Kier alpha value is -1.92. The maximum absolute atomic E-state index is 12.4. The number of aryl methyl sites for hydroxylation is 1. The minimum atomic E-state index is -0.174. The number of fused-ring (bicyclic) bond motifs is 1. The summed E-state index contributed by atoms with van der Waals surface area (Å²) in [5, 5.41) is 0. The molecule has 1 atom stereocenters. The van der Waals surface area contributed by atoms with Crippen LogP contribution in [0.25, 0.3) is 5.65 Å². The Bertz CT molecular complexity index is 717. The molecule has 0 unspecified atom stereocenters. The maximum atomic E-state index is 12.4. The molecule has 3 heterocycles. The number of rotatable bonds is 2. The number of pyridine rings is 1. The SMILES string of the molecule is Cc1cc([C@@H](C)N)c2nc(N3CCOCC3)cc(=O)n2c1. The van der Waals surface area contributed by atoms with Gasteiger partial charge >= 0.3 is 0 Å². The van der Waals surface area contributed by atoms with Crippen molar-refractivity contribution >= 4 is 11.5 Å². The Labute approximate surface area is 123 Å². The highest BCUT2D eigenvalue weighted by molar-refractivity contribution is 5.55. The van der Waals surface area contributed by atoms with Crippen molar-refractivity contribution in [2.24, 2.45) is 5.73 Å². The van der Waals surface area contributed by atoms with Crippen LogP contribution in [0.2, 0.25) is 0 Å². The van der Waals surface area contributed by atoms with Gasteiger partial charge in [-0.05, 0) is 25.5 Å². The molecule has 1 saturated heterocycles. The third kappa shape index (κ3) is 2.64. The monoisotopic (exact) mass is 288 g/mol. The zero-order valence-electron chi connectivity index (χ0n) is 12.4. The molecular weight excluding hydrogens is 268 g/mol. The van der Waals surface area contributed by atoms with Gasteiger partial charge in [-0.1, -0.05) is 0 Å². The van der Waals surface area contributed by atoms with Crippen molar-refractivity contribution in [3.05, 3.63) is 39.8 Å². The van der Waals surface area contributed by atoms with Gasteiger partial charge in [0.1, 0.15) is 11.5 Å². The van der Waals surface area contributed by atoms with Gasteiger partial charge in [0.15, 0.2) is 0 Å². The first kappa shape index (κ1) is 14.0. The van der Waals surface area contributed by atoms with E-state index in [0.717, 1.165) is 24.2 Å². The second kappa shape index (κ2) is 5.46. The van der Waals surface area contributed by atoms with Crippen LogP contribution in [0.5, 0.6) is 0 Å². The molecule has 0 aromatic carbocycles. The van der Waals surface area contributed by atoms with Gasteiger partial charge in [0.25, 0.3) is 5.56 Å². The molecule has 2 aromatic rings. The van der Waals surface area contributed by atoms with Gasteiger partial charge in [-0.15, -0.1) is 0 Å². The van der Waals surface area contributed by atoms with Crippen LogP contribution < -0.4 is 16.2 Å². The molecule has 2 N–H and O–H groups in total. The third-order valence-corrected chi connectivity index (χ3v) is 3.74. The van der Waals surface area contributed by atoms with E-state index in [-0.39, 0.29) is 11.6 Å². The van der Waals surface area contributed by atoms with Crippen LogP contribution in [0.1, 0.15) is 24.1 Å². The number of nitrogens with zero attached hydrogens (tertiary/aromatic N) is 3. The highest BCUT2D eigenvalue weighted by Gasteiger charge is 2.16. The van der Waals surface area contributed by atoms with E-state index in [4.69, 9.17) is 10.5 Å². The molecule has 112 valence electrons. The zero-order chi connectivity index (χ0) is 15.0. The first-order chi connectivity index (χ1) is 10.1. The van der Waals surface area contributed by atoms with E-state index in [1.165, 1.54) is 0 Å². The number of ether oxygens (including phenoxy) is 1. The minimum Gasteiger partial charge on any atom is -0.378 e. The van der Waals surface area contributed by atoms with Crippen LogP contribution in [0.3, 0.4) is 0 Å². The van der Waals surface area contributed by atoms with Gasteiger partial charge in [-0.3, -0.25) is 9.20 Å². The quantitative estimate of drug-likeness (QED) is 0.887. The highest BCUT2D eigenvalue weighted by atomic mass is 16.5. The average Bonchev–Trinajstić information content (AvgIpc) is 2.48. The first-order valence-corrected chi connectivity index (χ1v) is 7.18. The molecule has 0 saturated carbocycles. The molecule has 1 fully saturated rings. The van der Waals surface area contributed by atoms with Crippen LogP contribution in [-0.4, -0.2) is 35.7 Å². The number of hydrogen-bond acceptors (Lipinski definition) is 5. The van der Waals surface area contributed by atoms with Gasteiger partial charge in [0.2, 0.25) is 0 Å². The predicted molar refractivity (Wildman–Crippen MR) is 81.8 cm³/mol. The summed E-state index contributed by atoms with van der Waals surface area (Å²) >= 11 is 0. The van der Waals surface area contributed by atoms with Gasteiger partial charge in [-0.25, -0.2) is 4.98 Å². The largest absolute Gasteiger partial charge is 0.378 e. The number of hydrogen-bond donors (Lipinski definition) is 1. The molecule has 0 bridgehead atoms. The Morgan fingerprint density at radius 1 is 1.33 bits per heavy atom. The van der Waals surface area contributed by atoms with Crippen molar-refractivity contribution < 1.29 is 4.74 Å². The molecule has 3 rings (SSSR count). The molecule has 6 heteroatoms. The fraction of sp³-hybridized carbons (Fsp3) is 0.467. The second-order valence-electron chi connectivity index (χ2n) is 5.51. The van der Waals surface area contributed by atoms with Gasteiger partial charge in [0.05, 0.1) is 13.2 Å². The Kier molecular flexibility index (Phi) is 3.65. The topological polar surface area (TPSA) is 72.9 Å². The fourth-order valence-electron chi connectivity index (χ4n) is 2.65. The maximum Gasteiger partial charge on any atom is 0.259 e. The van der Waals surface area contributed by atoms with Gasteiger partial charge in [-0.2, -0.15) is 0 Å². The molecule has 21 heavy (non-hydrogen) atoms. The highest BCUT2D eigenvalue weighted by Crippen LogP contribution is 2.19. The average molecular weight is 288 g/mol. The number of morpholine rings is 1. The summed E-state index contributed by atoms with van der Waals surface area (Å²) in [6.45, 7) is 6.68. The van der Waals surface area contributed by atoms with Crippen LogP contribution in [0.4, 0.5) is 5.82 Å². The van der Waals surface area contributed by atoms with Crippen molar-refractivity contribution in [1.29, 1.82) is 0 Å². The lowest BCUT2D eigenvalue weighted by Crippen LogP contribution is -2.37. The van der Waals surface area contributed by atoms with Crippen molar-refractivity contribution in [1.82, 2.24) is 9.38 Å². The van der Waals surface area contributed by atoms with E-state index in [1.807, 2.05) is 19.9 Å². The first-order valence-electron chi connectivity index (χ1n) is 7.18. The molecule has 0 aliphatic carbocycles. The molecular formula is C15H20N4O2. The van der Waals surface area contributed by atoms with Crippen molar-refractivity contribution in [3.63, 3.8) is 0 Å². The summed E-state index contributed by atoms with van der Waals surface area (Å²) in [6.07, 6.45) is 1.81. The zero-order valence-corrected chi connectivity index (χ0v) is 12.4. The molecule has 1 aliphatic heterocycles. The van der Waals surface area contributed by atoms with E-state index < -0.39 is 0 Å². The lowest BCUT2D eigenvalue weighted by molar-refractivity contribution is 0.122. The normalized spacial score (nSPS) is 17.2. The van der Waals surface area contributed by atoms with E-state index in [9.17, 15) is 4.79 Å². The number of anilines is 1. The fourth-order valence-corrected chi connectivity index (χ4v) is 2.65. The van der Waals surface area contributed by atoms with E-state index in [1.54, 1.807) is 16.7 Å². The summed E-state index contributed by atoms with van der Waals surface area (Å²) < 4.78 is 6.93. The predicted octanol–water partition coefficient (Wildman–Crippen LogP) is 0.859. The summed E-state index contributed by atoms with van der Waals surface area (Å²) in [5.74, 6) is 0.703. The summed E-state index contributed by atoms with van der Waals surface area (Å²) in [6, 6.07) is 3.41. The van der Waals surface area contributed by atoms with Gasteiger partial charge in [0, 0.05) is 37.0 Å². The van der Waals surface area contributed by atoms with Crippen LogP contribution in [0.15, 0.2) is 23.1 Å². The summed E-state index contributed by atoms with van der Waals surface area (Å²) in [7, 11) is 0. The third-order valence-electron chi connectivity index (χ3n) is 3.74. The van der Waals surface area contributed by atoms with Crippen molar-refractivity contribution in [3.8, 4) is 0 Å². The number of aromatic nitrogens is 2. The lowest BCUT2D eigenvalue weighted by Gasteiger charge is -2.28. The summed E-state index contributed by atoms with van der Waals surface area (Å²) in [4.78, 5) is 19.1.